The number of nitrogens with one attached hydrogen (secondary N) is 2. The van der Waals surface area contributed by atoms with E-state index in [1.165, 1.54) is 12.8 Å². The Kier molecular flexibility index (Phi) is 4.61. The van der Waals surface area contributed by atoms with Gasteiger partial charge in [0.15, 0.2) is 0 Å². The topological polar surface area (TPSA) is 53.6 Å². The van der Waals surface area contributed by atoms with Crippen LogP contribution in [-0.2, 0) is 4.79 Å². The molecule has 3 fully saturated rings. The highest BCUT2D eigenvalue weighted by Gasteiger charge is 2.46. The van der Waals surface area contributed by atoms with Crippen LogP contribution in [0.25, 0.3) is 0 Å². The number of ether oxygens (including phenoxy) is 1. The molecule has 3 unspecified atom stereocenters. The molecule has 5 nitrogen and oxygen atoms in total. The number of halogens is 2. The van der Waals surface area contributed by atoms with Gasteiger partial charge in [-0.1, -0.05) is 12.1 Å². The van der Waals surface area contributed by atoms with Crippen LogP contribution in [0.3, 0.4) is 0 Å². The molecule has 1 aliphatic carbocycles. The van der Waals surface area contributed by atoms with E-state index < -0.39 is 24.9 Å². The van der Waals surface area contributed by atoms with Gasteiger partial charge in [-0.15, -0.1) is 0 Å². The summed E-state index contributed by atoms with van der Waals surface area (Å²) in [5.74, 6) is -2.34. The highest BCUT2D eigenvalue weighted by Crippen LogP contribution is 2.41. The molecule has 0 radical (unpaired) electrons. The third-order valence-electron chi connectivity index (χ3n) is 5.64. The number of carbonyl (C=O) groups excluding carboxylic acids is 1. The number of alkyl halides is 2. The molecular weight excluding hydrogens is 340 g/mol. The fourth-order valence-corrected chi connectivity index (χ4v) is 4.22. The van der Waals surface area contributed by atoms with Crippen LogP contribution < -0.4 is 15.4 Å². The van der Waals surface area contributed by atoms with E-state index >= 15 is 0 Å². The SMILES string of the molecule is COc1cccc(C2C(NC(=O)C3CC(F)(F)CN3)CCN2C2CC2)c1. The second-order valence-electron chi connectivity index (χ2n) is 7.59. The lowest BCUT2D eigenvalue weighted by Crippen LogP contribution is -2.47. The van der Waals surface area contributed by atoms with Gasteiger partial charge in [-0.2, -0.15) is 0 Å². The Morgan fingerprint density at radius 1 is 1.35 bits per heavy atom. The maximum absolute atomic E-state index is 13.4. The van der Waals surface area contributed by atoms with Gasteiger partial charge < -0.3 is 10.1 Å². The van der Waals surface area contributed by atoms with E-state index in [0.717, 1.165) is 24.3 Å². The van der Waals surface area contributed by atoms with Crippen molar-refractivity contribution in [1.82, 2.24) is 15.5 Å². The van der Waals surface area contributed by atoms with Gasteiger partial charge in [0.1, 0.15) is 5.75 Å². The molecule has 3 atom stereocenters. The quantitative estimate of drug-likeness (QED) is 0.839. The average molecular weight is 365 g/mol. The highest BCUT2D eigenvalue weighted by molar-refractivity contribution is 5.82. The number of likely N-dealkylation sites (tertiary alicyclic amines) is 1. The lowest BCUT2D eigenvalue weighted by molar-refractivity contribution is -0.124. The zero-order valence-corrected chi connectivity index (χ0v) is 14.9. The number of methoxy groups -OCH3 is 1. The summed E-state index contributed by atoms with van der Waals surface area (Å²) >= 11 is 0. The number of nitrogens with zero attached hydrogens (tertiary/aromatic N) is 1. The second kappa shape index (κ2) is 6.78. The first-order valence-electron chi connectivity index (χ1n) is 9.28. The van der Waals surface area contributed by atoms with Crippen molar-refractivity contribution in [2.75, 3.05) is 20.2 Å². The summed E-state index contributed by atoms with van der Waals surface area (Å²) in [4.78, 5) is 15.0. The molecule has 1 saturated carbocycles. The summed E-state index contributed by atoms with van der Waals surface area (Å²) in [5.41, 5.74) is 1.10. The minimum Gasteiger partial charge on any atom is -0.497 e. The molecule has 0 aromatic heterocycles. The maximum Gasteiger partial charge on any atom is 0.262 e. The molecule has 0 bridgehead atoms. The van der Waals surface area contributed by atoms with Gasteiger partial charge in [-0.05, 0) is 37.0 Å². The number of rotatable bonds is 5. The van der Waals surface area contributed by atoms with Gasteiger partial charge in [-0.3, -0.25) is 15.0 Å². The summed E-state index contributed by atoms with van der Waals surface area (Å²) in [6.07, 6.45) is 2.75. The zero-order valence-electron chi connectivity index (χ0n) is 14.9. The maximum atomic E-state index is 13.4. The molecule has 2 N–H and O–H groups in total. The van der Waals surface area contributed by atoms with Gasteiger partial charge in [0, 0.05) is 25.0 Å². The molecule has 2 saturated heterocycles. The Morgan fingerprint density at radius 2 is 2.15 bits per heavy atom. The van der Waals surface area contributed by atoms with E-state index in [0.29, 0.717) is 6.04 Å². The van der Waals surface area contributed by atoms with Gasteiger partial charge in [0.05, 0.1) is 25.7 Å². The Morgan fingerprint density at radius 3 is 2.81 bits per heavy atom. The molecule has 1 aromatic rings. The Labute approximate surface area is 152 Å². The Hall–Kier alpha value is -1.73. The van der Waals surface area contributed by atoms with Crippen LogP contribution in [0.2, 0.25) is 0 Å². The van der Waals surface area contributed by atoms with Gasteiger partial charge in [0.25, 0.3) is 5.92 Å². The number of hydrogen-bond acceptors (Lipinski definition) is 4. The van der Waals surface area contributed by atoms with Crippen molar-refractivity contribution in [2.24, 2.45) is 0 Å². The molecule has 4 rings (SSSR count). The standard InChI is InChI=1S/C19H25F2N3O2/c1-26-14-4-2-3-12(9-14)17-15(7-8-24(17)13-5-6-13)23-18(25)16-10-19(20,21)11-22-16/h2-4,9,13,15-17,22H,5-8,10-11H2,1H3,(H,23,25). The zero-order chi connectivity index (χ0) is 18.3. The Balaban J connectivity index is 1.51. The molecule has 7 heteroatoms. The molecule has 0 spiro atoms. The van der Waals surface area contributed by atoms with Crippen LogP contribution in [0, 0.1) is 0 Å². The molecule has 1 aromatic carbocycles. The second-order valence-corrected chi connectivity index (χ2v) is 7.59. The van der Waals surface area contributed by atoms with E-state index in [9.17, 15) is 13.6 Å². The molecule has 3 aliphatic rings. The monoisotopic (exact) mass is 365 g/mol. The van der Waals surface area contributed by atoms with E-state index in [1.807, 2.05) is 18.2 Å². The summed E-state index contributed by atoms with van der Waals surface area (Å²) in [6.45, 7) is 0.481. The van der Waals surface area contributed by atoms with Crippen LogP contribution >= 0.6 is 0 Å². The minimum absolute atomic E-state index is 0.0588. The van der Waals surface area contributed by atoms with Crippen LogP contribution in [0.5, 0.6) is 5.75 Å². The predicted octanol–water partition coefficient (Wildman–Crippen LogP) is 2.09. The van der Waals surface area contributed by atoms with Crippen molar-refractivity contribution >= 4 is 5.91 Å². The largest absolute Gasteiger partial charge is 0.497 e. The van der Waals surface area contributed by atoms with Gasteiger partial charge in [0.2, 0.25) is 5.91 Å². The summed E-state index contributed by atoms with van der Waals surface area (Å²) in [5, 5.41) is 5.68. The Bertz CT molecular complexity index is 681. The molecule has 26 heavy (non-hydrogen) atoms. The van der Waals surface area contributed by atoms with Crippen LogP contribution in [-0.4, -0.2) is 55.1 Å². The van der Waals surface area contributed by atoms with Crippen molar-refractivity contribution in [2.45, 2.75) is 55.8 Å². The first-order chi connectivity index (χ1) is 12.5. The first-order valence-corrected chi connectivity index (χ1v) is 9.28. The summed E-state index contributed by atoms with van der Waals surface area (Å²) in [6, 6.07) is 7.64. The van der Waals surface area contributed by atoms with Gasteiger partial charge in [-0.25, -0.2) is 8.78 Å². The molecular formula is C19H25F2N3O2. The van der Waals surface area contributed by atoms with Crippen molar-refractivity contribution in [1.29, 1.82) is 0 Å². The van der Waals surface area contributed by atoms with Crippen molar-refractivity contribution in [3.05, 3.63) is 29.8 Å². The van der Waals surface area contributed by atoms with Crippen LogP contribution in [0.4, 0.5) is 8.78 Å². The van der Waals surface area contributed by atoms with Gasteiger partial charge >= 0.3 is 0 Å². The van der Waals surface area contributed by atoms with Crippen LogP contribution in [0.1, 0.15) is 37.3 Å². The fraction of sp³-hybridized carbons (Fsp3) is 0.632. The normalized spacial score (nSPS) is 31.1. The predicted molar refractivity (Wildman–Crippen MR) is 93.4 cm³/mol. The summed E-state index contributed by atoms with van der Waals surface area (Å²) < 4.78 is 32.2. The van der Waals surface area contributed by atoms with Crippen molar-refractivity contribution < 1.29 is 18.3 Å². The summed E-state index contributed by atoms with van der Waals surface area (Å²) in [7, 11) is 1.64. The number of carbonyl (C=O) groups is 1. The lowest BCUT2D eigenvalue weighted by Gasteiger charge is -2.30. The lowest BCUT2D eigenvalue weighted by atomic mass is 9.99. The third-order valence-corrected chi connectivity index (χ3v) is 5.64. The number of benzene rings is 1. The van der Waals surface area contributed by atoms with E-state index in [1.54, 1.807) is 7.11 Å². The minimum atomic E-state index is -2.80. The third kappa shape index (κ3) is 3.55. The van der Waals surface area contributed by atoms with Crippen molar-refractivity contribution in [3.8, 4) is 5.75 Å². The van der Waals surface area contributed by atoms with E-state index in [4.69, 9.17) is 4.74 Å². The smallest absolute Gasteiger partial charge is 0.262 e. The fourth-order valence-electron chi connectivity index (χ4n) is 4.22. The molecule has 2 aliphatic heterocycles. The van der Waals surface area contributed by atoms with E-state index in [2.05, 4.69) is 21.6 Å². The average Bonchev–Trinajstić information content (AvgIpc) is 3.29. The van der Waals surface area contributed by atoms with Crippen LogP contribution in [0.15, 0.2) is 24.3 Å². The van der Waals surface area contributed by atoms with Crippen molar-refractivity contribution in [3.63, 3.8) is 0 Å². The highest BCUT2D eigenvalue weighted by atomic mass is 19.3. The first kappa shape index (κ1) is 17.7. The molecule has 2 heterocycles. The number of hydrogen-bond donors (Lipinski definition) is 2. The van der Waals surface area contributed by atoms with E-state index in [-0.39, 0.29) is 18.0 Å². The molecule has 142 valence electrons. The molecule has 1 amide bonds. The number of amides is 1.